The van der Waals surface area contributed by atoms with Gasteiger partial charge in [-0.2, -0.15) is 0 Å². The lowest BCUT2D eigenvalue weighted by Gasteiger charge is -2.52. The summed E-state index contributed by atoms with van der Waals surface area (Å²) in [6.45, 7) is 5.76. The van der Waals surface area contributed by atoms with E-state index in [4.69, 9.17) is 18.9 Å². The van der Waals surface area contributed by atoms with Gasteiger partial charge in [0.1, 0.15) is 6.10 Å². The zero-order valence-electron chi connectivity index (χ0n) is 36.3. The van der Waals surface area contributed by atoms with Crippen LogP contribution < -0.4 is 0 Å². The molecule has 1 spiro atoms. The molecule has 1 saturated heterocycles. The zero-order valence-corrected chi connectivity index (χ0v) is 36.3. The molecule has 2 aromatic carbocycles. The van der Waals surface area contributed by atoms with E-state index >= 15 is 4.79 Å². The third-order valence-electron chi connectivity index (χ3n) is 14.4. The Morgan fingerprint density at radius 1 is 0.776 bits per heavy atom. The van der Waals surface area contributed by atoms with E-state index in [1.165, 1.54) is 109 Å². The minimum absolute atomic E-state index is 0.195. The summed E-state index contributed by atoms with van der Waals surface area (Å²) in [7, 11) is 0. The van der Waals surface area contributed by atoms with E-state index in [-0.39, 0.29) is 23.4 Å². The molecule has 58 heavy (non-hydrogen) atoms. The second-order valence-corrected chi connectivity index (χ2v) is 18.4. The second kappa shape index (κ2) is 23.1. The van der Waals surface area contributed by atoms with Crippen molar-refractivity contribution in [3.63, 3.8) is 0 Å². The van der Waals surface area contributed by atoms with Gasteiger partial charge in [-0.25, -0.2) is 4.79 Å². The molecule has 0 amide bonds. The van der Waals surface area contributed by atoms with Crippen molar-refractivity contribution in [2.45, 2.75) is 192 Å². The topological polar surface area (TPSA) is 71.1 Å². The van der Waals surface area contributed by atoms with Crippen molar-refractivity contribution >= 4 is 11.9 Å². The smallest absolute Gasteiger partial charge is 0.348 e. The minimum atomic E-state index is -1.61. The molecular formula is C52H76O6. The predicted molar refractivity (Wildman–Crippen MR) is 233 cm³/mol. The third-order valence-corrected chi connectivity index (χ3v) is 14.4. The Labute approximate surface area is 351 Å². The third kappa shape index (κ3) is 11.6. The van der Waals surface area contributed by atoms with Gasteiger partial charge < -0.3 is 18.9 Å². The largest absolute Gasteiger partial charge is 0.460 e. The fraction of sp³-hybridized carbons (Fsp3) is 0.692. The van der Waals surface area contributed by atoms with Gasteiger partial charge in [-0.1, -0.05) is 170 Å². The van der Waals surface area contributed by atoms with Gasteiger partial charge in [-0.05, 0) is 99.0 Å². The second-order valence-electron chi connectivity index (χ2n) is 18.4. The number of esters is 2. The maximum atomic E-state index is 15.2. The summed E-state index contributed by atoms with van der Waals surface area (Å²) >= 11 is 0. The van der Waals surface area contributed by atoms with Crippen LogP contribution in [0.2, 0.25) is 0 Å². The number of allylic oxidation sites excluding steroid dienone is 2. The molecule has 1 aliphatic heterocycles. The minimum Gasteiger partial charge on any atom is -0.460 e. The highest BCUT2D eigenvalue weighted by Gasteiger charge is 2.58. The van der Waals surface area contributed by atoms with Crippen molar-refractivity contribution in [3.8, 4) is 0 Å². The molecule has 4 aliphatic rings. The van der Waals surface area contributed by atoms with Crippen molar-refractivity contribution in [2.24, 2.45) is 23.2 Å². The lowest BCUT2D eigenvalue weighted by molar-refractivity contribution is -0.226. The maximum absolute atomic E-state index is 15.2. The Kier molecular flexibility index (Phi) is 17.8. The molecule has 0 bridgehead atoms. The average molecular weight is 797 g/mol. The standard InChI is InChI=1S/C52H76O6/c1-3-4-5-6-7-8-9-10-11-12-13-14-15-25-32-48(57-49(53)43-34-37-55-38-35-43)58-52(44-28-21-17-22-29-44,45-30-23-18-24-31-45)50(54)56-46-39-41(2)51(40-46)36-33-47(51)42-26-19-16-20-27-42/h17-18,21-24,26,28-31,41,43,46-48H,3-16,19-20,25,27,32-40H2,1-2H3. The number of hydrogen-bond acceptors (Lipinski definition) is 6. The molecule has 6 nitrogen and oxygen atoms in total. The van der Waals surface area contributed by atoms with Crippen LogP contribution in [-0.2, 0) is 34.1 Å². The first kappa shape index (κ1) is 44.6. The molecule has 5 atom stereocenters. The van der Waals surface area contributed by atoms with Gasteiger partial charge in [0, 0.05) is 19.6 Å². The molecule has 3 aliphatic carbocycles. The predicted octanol–water partition coefficient (Wildman–Crippen LogP) is 13.4. The molecule has 0 aromatic heterocycles. The Balaban J connectivity index is 1.15. The van der Waals surface area contributed by atoms with Crippen molar-refractivity contribution in [3.05, 3.63) is 83.4 Å². The SMILES string of the molecule is CCCCCCCCCCCCCCCCC(OC(=O)C1CCOCC1)OC(C(=O)OC1CC(C)C2(CCC2C2=CCCCC2)C1)(c1ccccc1)c1ccccc1. The van der Waals surface area contributed by atoms with Crippen LogP contribution in [0.25, 0.3) is 0 Å². The number of rotatable bonds is 24. The van der Waals surface area contributed by atoms with E-state index in [0.717, 1.165) is 32.1 Å². The van der Waals surface area contributed by atoms with E-state index in [9.17, 15) is 4.79 Å². The highest BCUT2D eigenvalue weighted by molar-refractivity contribution is 5.86. The molecule has 1 heterocycles. The van der Waals surface area contributed by atoms with E-state index < -0.39 is 17.9 Å². The van der Waals surface area contributed by atoms with Gasteiger partial charge in [0.15, 0.2) is 0 Å². The fourth-order valence-electron chi connectivity index (χ4n) is 10.8. The summed E-state index contributed by atoms with van der Waals surface area (Å²) in [5.41, 5.74) is 1.62. The van der Waals surface area contributed by atoms with Crippen molar-refractivity contribution in [2.75, 3.05) is 13.2 Å². The number of carbonyl (C=O) groups is 2. The summed E-state index contributed by atoms with van der Waals surface area (Å²) in [5.74, 6) is 0.164. The van der Waals surface area contributed by atoms with Crippen LogP contribution >= 0.6 is 0 Å². The molecule has 6 rings (SSSR count). The van der Waals surface area contributed by atoms with Crippen LogP contribution in [0.1, 0.15) is 185 Å². The van der Waals surface area contributed by atoms with Gasteiger partial charge in [0.2, 0.25) is 11.9 Å². The normalized spacial score (nSPS) is 24.2. The quantitative estimate of drug-likeness (QED) is 0.0456. The van der Waals surface area contributed by atoms with Crippen molar-refractivity contribution in [1.29, 1.82) is 0 Å². The van der Waals surface area contributed by atoms with E-state index in [1.807, 2.05) is 60.7 Å². The summed E-state index contributed by atoms with van der Waals surface area (Å²) in [6.07, 6.45) is 30.1. The van der Waals surface area contributed by atoms with E-state index in [2.05, 4.69) is 19.9 Å². The maximum Gasteiger partial charge on any atom is 0.348 e. The Morgan fingerprint density at radius 3 is 1.90 bits per heavy atom. The summed E-state index contributed by atoms with van der Waals surface area (Å²) in [4.78, 5) is 29.0. The first-order valence-corrected chi connectivity index (χ1v) is 23.9. The monoisotopic (exact) mass is 797 g/mol. The lowest BCUT2D eigenvalue weighted by atomic mass is 9.52. The van der Waals surface area contributed by atoms with Crippen LogP contribution in [0.3, 0.4) is 0 Å². The van der Waals surface area contributed by atoms with Gasteiger partial charge in [0.25, 0.3) is 0 Å². The fourth-order valence-corrected chi connectivity index (χ4v) is 10.8. The number of ether oxygens (including phenoxy) is 4. The highest BCUT2D eigenvalue weighted by Crippen LogP contribution is 2.64. The molecule has 3 fully saturated rings. The molecule has 5 unspecified atom stereocenters. The molecular weight excluding hydrogens is 721 g/mol. The van der Waals surface area contributed by atoms with Crippen LogP contribution in [-0.4, -0.2) is 37.5 Å². The first-order valence-electron chi connectivity index (χ1n) is 23.9. The summed E-state index contributed by atoms with van der Waals surface area (Å²) < 4.78 is 25.8. The van der Waals surface area contributed by atoms with Crippen LogP contribution in [0, 0.1) is 23.2 Å². The molecule has 2 saturated carbocycles. The van der Waals surface area contributed by atoms with Gasteiger partial charge in [-0.15, -0.1) is 0 Å². The van der Waals surface area contributed by atoms with Crippen LogP contribution in [0.15, 0.2) is 72.3 Å². The lowest BCUT2D eigenvalue weighted by Crippen LogP contribution is -2.47. The van der Waals surface area contributed by atoms with Crippen LogP contribution in [0.5, 0.6) is 0 Å². The Hall–Kier alpha value is -2.96. The van der Waals surface area contributed by atoms with Crippen LogP contribution in [0.4, 0.5) is 0 Å². The number of hydrogen-bond donors (Lipinski definition) is 0. The average Bonchev–Trinajstić information content (AvgIpc) is 3.60. The molecule has 6 heteroatoms. The van der Waals surface area contributed by atoms with Gasteiger partial charge in [0.05, 0.1) is 5.92 Å². The Morgan fingerprint density at radius 2 is 1.36 bits per heavy atom. The van der Waals surface area contributed by atoms with Crippen molar-refractivity contribution in [1.82, 2.24) is 0 Å². The molecule has 2 aromatic rings. The summed E-state index contributed by atoms with van der Waals surface area (Å²) in [6, 6.07) is 19.5. The van der Waals surface area contributed by atoms with Crippen molar-refractivity contribution < 1.29 is 28.5 Å². The van der Waals surface area contributed by atoms with E-state index in [1.54, 1.807) is 5.57 Å². The summed E-state index contributed by atoms with van der Waals surface area (Å²) in [5, 5.41) is 0. The molecule has 320 valence electrons. The Bertz CT molecular complexity index is 1490. The number of unbranched alkanes of at least 4 members (excludes halogenated alkanes) is 13. The van der Waals surface area contributed by atoms with Gasteiger partial charge >= 0.3 is 11.9 Å². The zero-order chi connectivity index (χ0) is 40.5. The first-order chi connectivity index (χ1) is 28.5. The van der Waals surface area contributed by atoms with E-state index in [0.29, 0.717) is 55.4 Å². The molecule has 0 radical (unpaired) electrons. The van der Waals surface area contributed by atoms with Gasteiger partial charge in [-0.3, -0.25) is 4.79 Å². The molecule has 0 N–H and O–H groups in total. The number of carbonyl (C=O) groups excluding carboxylic acids is 2. The number of benzene rings is 2. The highest BCUT2D eigenvalue weighted by atomic mass is 16.7.